The Morgan fingerprint density at radius 3 is 2.40 bits per heavy atom. The minimum atomic E-state index is -1.60. The van der Waals surface area contributed by atoms with Crippen molar-refractivity contribution in [1.82, 2.24) is 0 Å². The van der Waals surface area contributed by atoms with Gasteiger partial charge in [0.15, 0.2) is 0 Å². The molecule has 0 aromatic heterocycles. The van der Waals surface area contributed by atoms with E-state index < -0.39 is 41.3 Å². The molecule has 0 amide bonds. The lowest BCUT2D eigenvalue weighted by Gasteiger charge is -2.21. The number of nitrogens with zero attached hydrogens (tertiary/aromatic N) is 1. The second-order valence-corrected chi connectivity index (χ2v) is 4.19. The van der Waals surface area contributed by atoms with E-state index in [4.69, 9.17) is 15.9 Å². The summed E-state index contributed by atoms with van der Waals surface area (Å²) in [7, 11) is 0. The number of nitroso groups, excluding NO2 is 1. The fraction of sp³-hybridized carbons (Fsp3) is 0.750. The highest BCUT2D eigenvalue weighted by molar-refractivity contribution is 5.85. The average Bonchev–Trinajstić information content (AvgIpc) is 2.82. The molecule has 82 valence electrons. The Kier molecular flexibility index (Phi) is 1.84. The first-order valence-electron chi connectivity index (χ1n) is 4.51. The third-order valence-corrected chi connectivity index (χ3v) is 3.48. The number of carboxylic acid groups (broad SMARTS) is 2. The van der Waals surface area contributed by atoms with E-state index in [1.54, 1.807) is 0 Å². The second kappa shape index (κ2) is 2.75. The Hall–Kier alpha value is -1.50. The number of carbonyl (C=O) groups is 2. The van der Waals surface area contributed by atoms with E-state index in [9.17, 15) is 14.5 Å². The molecule has 7 heteroatoms. The zero-order chi connectivity index (χ0) is 11.4. The number of fused-ring (bicyclic) bond motifs is 1. The van der Waals surface area contributed by atoms with Crippen LogP contribution in [0, 0.1) is 22.7 Å². The Balaban J connectivity index is 2.30. The minimum Gasteiger partial charge on any atom is -0.481 e. The summed E-state index contributed by atoms with van der Waals surface area (Å²) in [6.45, 7) is 0. The maximum atomic E-state index is 10.9. The summed E-state index contributed by atoms with van der Waals surface area (Å²) >= 11 is 0. The molecule has 7 nitrogen and oxygen atoms in total. The van der Waals surface area contributed by atoms with Crippen LogP contribution in [0.4, 0.5) is 0 Å². The van der Waals surface area contributed by atoms with Crippen molar-refractivity contribution in [1.29, 1.82) is 0 Å². The lowest BCUT2D eigenvalue weighted by molar-refractivity contribution is -0.145. The van der Waals surface area contributed by atoms with Crippen molar-refractivity contribution in [2.24, 2.45) is 28.7 Å². The number of hydrogen-bond acceptors (Lipinski definition) is 5. The normalized spacial score (nSPS) is 47.0. The summed E-state index contributed by atoms with van der Waals surface area (Å²) in [4.78, 5) is 32.1. The monoisotopic (exact) mass is 214 g/mol. The van der Waals surface area contributed by atoms with Crippen molar-refractivity contribution in [3.63, 3.8) is 0 Å². The van der Waals surface area contributed by atoms with Crippen LogP contribution in [0.3, 0.4) is 0 Å². The molecule has 0 aromatic carbocycles. The van der Waals surface area contributed by atoms with Crippen molar-refractivity contribution in [3.05, 3.63) is 4.91 Å². The van der Waals surface area contributed by atoms with Gasteiger partial charge in [0.05, 0.1) is 12.0 Å². The molecule has 2 rings (SSSR count). The topological polar surface area (TPSA) is 130 Å². The molecule has 0 radical (unpaired) electrons. The molecule has 4 N–H and O–H groups in total. The zero-order valence-corrected chi connectivity index (χ0v) is 7.66. The first-order chi connectivity index (χ1) is 6.93. The van der Waals surface area contributed by atoms with Gasteiger partial charge in [-0.3, -0.25) is 9.59 Å². The third-order valence-electron chi connectivity index (χ3n) is 3.48. The second-order valence-electron chi connectivity index (χ2n) is 4.19. The van der Waals surface area contributed by atoms with Crippen molar-refractivity contribution in [2.75, 3.05) is 0 Å². The molecule has 0 bridgehead atoms. The summed E-state index contributed by atoms with van der Waals surface area (Å²) in [6.07, 6.45) is -0.0645. The van der Waals surface area contributed by atoms with Crippen molar-refractivity contribution in [2.45, 2.75) is 18.0 Å². The molecule has 2 fully saturated rings. The van der Waals surface area contributed by atoms with Crippen LogP contribution in [0.25, 0.3) is 0 Å². The summed E-state index contributed by atoms with van der Waals surface area (Å²) < 4.78 is 0. The molecular formula is C8H10N2O5. The maximum Gasteiger partial charge on any atom is 0.324 e. The van der Waals surface area contributed by atoms with Crippen LogP contribution in [0.5, 0.6) is 0 Å². The Morgan fingerprint density at radius 2 is 2.00 bits per heavy atom. The molecule has 2 saturated carbocycles. The van der Waals surface area contributed by atoms with E-state index in [1.807, 2.05) is 0 Å². The molecule has 5 atom stereocenters. The van der Waals surface area contributed by atoms with Gasteiger partial charge in [0.1, 0.15) is 5.54 Å². The van der Waals surface area contributed by atoms with Crippen LogP contribution in [-0.4, -0.2) is 33.7 Å². The highest BCUT2D eigenvalue weighted by Gasteiger charge is 2.74. The van der Waals surface area contributed by atoms with E-state index in [-0.39, 0.29) is 6.42 Å². The molecule has 2 aliphatic rings. The summed E-state index contributed by atoms with van der Waals surface area (Å²) in [6, 6.07) is -0.780. The van der Waals surface area contributed by atoms with Gasteiger partial charge in [-0.2, -0.15) is 4.91 Å². The molecule has 2 aliphatic carbocycles. The van der Waals surface area contributed by atoms with Gasteiger partial charge in [0, 0.05) is 18.3 Å². The predicted octanol–water partition coefficient (Wildman–Crippen LogP) is -0.746. The molecule has 0 spiro atoms. The summed E-state index contributed by atoms with van der Waals surface area (Å²) in [5.41, 5.74) is 4.01. The van der Waals surface area contributed by atoms with Gasteiger partial charge in [-0.25, -0.2) is 0 Å². The van der Waals surface area contributed by atoms with Crippen LogP contribution < -0.4 is 5.73 Å². The quantitative estimate of drug-likeness (QED) is 0.530. The number of rotatable bonds is 3. The van der Waals surface area contributed by atoms with E-state index in [2.05, 4.69) is 5.18 Å². The molecule has 0 aromatic rings. The molecule has 0 heterocycles. The van der Waals surface area contributed by atoms with E-state index >= 15 is 0 Å². The third kappa shape index (κ3) is 1.09. The Bertz CT molecular complexity index is 357. The smallest absolute Gasteiger partial charge is 0.324 e. The van der Waals surface area contributed by atoms with Gasteiger partial charge in [-0.1, -0.05) is 5.18 Å². The van der Waals surface area contributed by atoms with Gasteiger partial charge in [-0.05, 0) is 0 Å². The number of carboxylic acids is 2. The van der Waals surface area contributed by atoms with Crippen LogP contribution in [0.2, 0.25) is 0 Å². The van der Waals surface area contributed by atoms with Crippen LogP contribution in [-0.2, 0) is 9.59 Å². The highest BCUT2D eigenvalue weighted by Crippen LogP contribution is 2.62. The van der Waals surface area contributed by atoms with Crippen LogP contribution in [0.15, 0.2) is 5.18 Å². The van der Waals surface area contributed by atoms with Gasteiger partial charge in [-0.15, -0.1) is 0 Å². The van der Waals surface area contributed by atoms with Crippen molar-refractivity contribution < 1.29 is 19.8 Å². The Labute approximate surface area is 84.2 Å². The van der Waals surface area contributed by atoms with E-state index in [1.165, 1.54) is 0 Å². The number of nitrogens with two attached hydrogens (primary N) is 1. The largest absolute Gasteiger partial charge is 0.481 e. The van der Waals surface area contributed by atoms with E-state index in [0.717, 1.165) is 0 Å². The van der Waals surface area contributed by atoms with Crippen LogP contribution in [0.1, 0.15) is 6.42 Å². The minimum absolute atomic E-state index is 0.0645. The molecule has 0 saturated heterocycles. The lowest BCUT2D eigenvalue weighted by Crippen LogP contribution is -2.50. The molecular weight excluding hydrogens is 204 g/mol. The van der Waals surface area contributed by atoms with Gasteiger partial charge < -0.3 is 15.9 Å². The van der Waals surface area contributed by atoms with Crippen molar-refractivity contribution in [3.8, 4) is 0 Å². The Morgan fingerprint density at radius 1 is 1.40 bits per heavy atom. The lowest BCUT2D eigenvalue weighted by atomic mass is 9.90. The first kappa shape index (κ1) is 10.0. The average molecular weight is 214 g/mol. The molecule has 1 unspecified atom stereocenters. The fourth-order valence-electron chi connectivity index (χ4n) is 2.75. The summed E-state index contributed by atoms with van der Waals surface area (Å²) in [5, 5.41) is 20.5. The van der Waals surface area contributed by atoms with Gasteiger partial charge in [0.2, 0.25) is 0 Å². The summed E-state index contributed by atoms with van der Waals surface area (Å²) in [5.74, 6) is -4.35. The SMILES string of the molecule is N[C@@]1(C(=O)O)CC(N=O)[C@H]2[C@@H](C(=O)O)[C@H]21. The standard InChI is InChI=1S/C8H10N2O5/c9-8(7(13)14)1-2(10-15)3-4(5(3)8)6(11)12/h2-5H,1,9H2,(H,11,12)(H,13,14)/t2?,3-,4+,5-,8-/m0/s1. The fourth-order valence-corrected chi connectivity index (χ4v) is 2.75. The van der Waals surface area contributed by atoms with Crippen molar-refractivity contribution >= 4 is 11.9 Å². The number of aliphatic carboxylic acids is 2. The van der Waals surface area contributed by atoms with E-state index in [0.29, 0.717) is 0 Å². The highest BCUT2D eigenvalue weighted by atomic mass is 16.4. The van der Waals surface area contributed by atoms with Crippen LogP contribution >= 0.6 is 0 Å². The first-order valence-corrected chi connectivity index (χ1v) is 4.51. The predicted molar refractivity (Wildman–Crippen MR) is 46.9 cm³/mol. The van der Waals surface area contributed by atoms with Gasteiger partial charge in [0.25, 0.3) is 0 Å². The number of hydrogen-bond donors (Lipinski definition) is 3. The molecule has 15 heavy (non-hydrogen) atoms. The van der Waals surface area contributed by atoms with Gasteiger partial charge >= 0.3 is 11.9 Å². The molecule has 0 aliphatic heterocycles. The maximum absolute atomic E-state index is 10.9. The zero-order valence-electron chi connectivity index (χ0n) is 7.66.